The molecular formula is C11H19NO3. The second kappa shape index (κ2) is 6.22. The Kier molecular flexibility index (Phi) is 5.67. The Morgan fingerprint density at radius 1 is 1.47 bits per heavy atom. The van der Waals surface area contributed by atoms with Crippen LogP contribution in [0.5, 0.6) is 0 Å². The molecule has 15 heavy (non-hydrogen) atoms. The van der Waals surface area contributed by atoms with E-state index in [1.165, 1.54) is 0 Å². The Balaban J connectivity index is 4.13. The monoisotopic (exact) mass is 213 g/mol. The van der Waals surface area contributed by atoms with E-state index in [9.17, 15) is 9.59 Å². The first kappa shape index (κ1) is 13.7. The van der Waals surface area contributed by atoms with Crippen molar-refractivity contribution >= 4 is 12.4 Å². The van der Waals surface area contributed by atoms with Crippen molar-refractivity contribution in [2.75, 3.05) is 0 Å². The summed E-state index contributed by atoms with van der Waals surface area (Å²) in [6, 6.07) is -0.611. The number of hydrogen-bond acceptors (Lipinski definition) is 3. The minimum absolute atomic E-state index is 0.550. The first-order valence-corrected chi connectivity index (χ1v) is 5.00. The van der Waals surface area contributed by atoms with Crippen LogP contribution in [0.1, 0.15) is 34.1 Å². The van der Waals surface area contributed by atoms with Crippen molar-refractivity contribution in [1.29, 1.82) is 0 Å². The van der Waals surface area contributed by atoms with Gasteiger partial charge < -0.3 is 14.8 Å². The molecule has 0 fully saturated rings. The number of alkyl carbamates (subject to hydrolysis) is 1. The summed E-state index contributed by atoms with van der Waals surface area (Å²) >= 11 is 0. The van der Waals surface area contributed by atoms with Gasteiger partial charge in [0.05, 0.1) is 0 Å². The molecule has 0 aromatic rings. The van der Waals surface area contributed by atoms with Crippen LogP contribution in [0.25, 0.3) is 0 Å². The van der Waals surface area contributed by atoms with Crippen LogP contribution in [0.15, 0.2) is 12.2 Å². The molecule has 0 saturated carbocycles. The summed E-state index contributed by atoms with van der Waals surface area (Å²) in [5, 5.41) is 2.44. The SMILES string of the molecule is CC/C=C/C(C=O)NC(=O)OC(C)(C)C. The van der Waals surface area contributed by atoms with Crippen LogP contribution in [-0.2, 0) is 9.53 Å². The molecule has 1 amide bonds. The number of carbonyl (C=O) groups is 2. The molecule has 1 unspecified atom stereocenters. The molecule has 0 radical (unpaired) electrons. The van der Waals surface area contributed by atoms with Crippen molar-refractivity contribution < 1.29 is 14.3 Å². The molecule has 1 atom stereocenters. The highest BCUT2D eigenvalue weighted by Gasteiger charge is 2.17. The maximum absolute atomic E-state index is 11.3. The number of amides is 1. The number of ether oxygens (including phenoxy) is 1. The Bertz CT molecular complexity index is 241. The zero-order valence-corrected chi connectivity index (χ0v) is 9.74. The van der Waals surface area contributed by atoms with Crippen molar-refractivity contribution in [2.45, 2.75) is 45.8 Å². The summed E-state index contributed by atoms with van der Waals surface area (Å²) in [6.07, 6.45) is 4.35. The molecule has 0 heterocycles. The van der Waals surface area contributed by atoms with E-state index in [1.54, 1.807) is 26.8 Å². The molecule has 0 aliphatic rings. The molecule has 0 rings (SSSR count). The fraction of sp³-hybridized carbons (Fsp3) is 0.636. The summed E-state index contributed by atoms with van der Waals surface area (Å²) < 4.78 is 5.01. The highest BCUT2D eigenvalue weighted by molar-refractivity contribution is 5.74. The lowest BCUT2D eigenvalue weighted by atomic mass is 10.2. The summed E-state index contributed by atoms with van der Waals surface area (Å²) in [5.74, 6) is 0. The predicted molar refractivity (Wildman–Crippen MR) is 58.7 cm³/mol. The van der Waals surface area contributed by atoms with Crippen molar-refractivity contribution in [3.8, 4) is 0 Å². The lowest BCUT2D eigenvalue weighted by molar-refractivity contribution is -0.108. The quantitative estimate of drug-likeness (QED) is 0.574. The van der Waals surface area contributed by atoms with Gasteiger partial charge in [-0.1, -0.05) is 19.1 Å². The minimum atomic E-state index is -0.611. The Morgan fingerprint density at radius 3 is 2.47 bits per heavy atom. The van der Waals surface area contributed by atoms with Crippen LogP contribution in [-0.4, -0.2) is 24.0 Å². The summed E-state index contributed by atoms with van der Waals surface area (Å²) in [6.45, 7) is 7.25. The lowest BCUT2D eigenvalue weighted by Gasteiger charge is -2.20. The molecule has 1 N–H and O–H groups in total. The minimum Gasteiger partial charge on any atom is -0.444 e. The van der Waals surface area contributed by atoms with Gasteiger partial charge in [-0.3, -0.25) is 0 Å². The van der Waals surface area contributed by atoms with E-state index in [0.717, 1.165) is 6.42 Å². The molecule has 0 aliphatic carbocycles. The topological polar surface area (TPSA) is 55.4 Å². The van der Waals surface area contributed by atoms with Gasteiger partial charge in [-0.25, -0.2) is 4.79 Å². The highest BCUT2D eigenvalue weighted by Crippen LogP contribution is 2.06. The standard InChI is InChI=1S/C11H19NO3/c1-5-6-7-9(8-13)12-10(14)15-11(2,3)4/h6-9H,5H2,1-4H3,(H,12,14)/b7-6+. The molecule has 86 valence electrons. The van der Waals surface area contributed by atoms with E-state index >= 15 is 0 Å². The van der Waals surface area contributed by atoms with Crippen molar-refractivity contribution in [2.24, 2.45) is 0 Å². The molecule has 0 aromatic heterocycles. The van der Waals surface area contributed by atoms with Crippen LogP contribution < -0.4 is 5.32 Å². The van der Waals surface area contributed by atoms with Gasteiger partial charge in [0.25, 0.3) is 0 Å². The van der Waals surface area contributed by atoms with Crippen LogP contribution in [0.3, 0.4) is 0 Å². The van der Waals surface area contributed by atoms with E-state index in [1.807, 2.05) is 13.0 Å². The number of rotatable bonds is 4. The maximum atomic E-state index is 11.3. The van der Waals surface area contributed by atoms with Gasteiger partial charge in [-0.15, -0.1) is 0 Å². The van der Waals surface area contributed by atoms with Gasteiger partial charge in [-0.2, -0.15) is 0 Å². The zero-order valence-electron chi connectivity index (χ0n) is 9.74. The smallest absolute Gasteiger partial charge is 0.408 e. The number of carbonyl (C=O) groups excluding carboxylic acids is 2. The summed E-state index contributed by atoms with van der Waals surface area (Å²) in [5.41, 5.74) is -0.550. The van der Waals surface area contributed by atoms with Gasteiger partial charge in [0, 0.05) is 0 Å². The molecular weight excluding hydrogens is 194 g/mol. The van der Waals surface area contributed by atoms with Gasteiger partial charge in [0.2, 0.25) is 0 Å². The average molecular weight is 213 g/mol. The summed E-state index contributed by atoms with van der Waals surface area (Å²) in [4.78, 5) is 21.9. The normalized spacial score (nSPS) is 13.6. The first-order valence-electron chi connectivity index (χ1n) is 5.00. The summed E-state index contributed by atoms with van der Waals surface area (Å²) in [7, 11) is 0. The fourth-order valence-electron chi connectivity index (χ4n) is 0.854. The third-order valence-corrected chi connectivity index (χ3v) is 1.41. The van der Waals surface area contributed by atoms with E-state index < -0.39 is 17.7 Å². The largest absolute Gasteiger partial charge is 0.444 e. The molecule has 4 heteroatoms. The van der Waals surface area contributed by atoms with Crippen LogP contribution >= 0.6 is 0 Å². The molecule has 0 spiro atoms. The average Bonchev–Trinajstić information content (AvgIpc) is 2.09. The lowest BCUT2D eigenvalue weighted by Crippen LogP contribution is -2.38. The maximum Gasteiger partial charge on any atom is 0.408 e. The van der Waals surface area contributed by atoms with E-state index in [0.29, 0.717) is 6.29 Å². The third kappa shape index (κ3) is 7.73. The molecule has 0 saturated heterocycles. The Morgan fingerprint density at radius 2 is 2.07 bits per heavy atom. The van der Waals surface area contributed by atoms with Crippen molar-refractivity contribution in [3.05, 3.63) is 12.2 Å². The van der Waals surface area contributed by atoms with Gasteiger partial charge >= 0.3 is 6.09 Å². The molecule has 0 aromatic carbocycles. The van der Waals surface area contributed by atoms with Crippen LogP contribution in [0.2, 0.25) is 0 Å². The first-order chi connectivity index (χ1) is 6.89. The van der Waals surface area contributed by atoms with Gasteiger partial charge in [0.1, 0.15) is 17.9 Å². The fourth-order valence-corrected chi connectivity index (χ4v) is 0.854. The number of aldehydes is 1. The number of nitrogens with one attached hydrogen (secondary N) is 1. The molecule has 0 aliphatic heterocycles. The van der Waals surface area contributed by atoms with Gasteiger partial charge in [-0.05, 0) is 27.2 Å². The number of allylic oxidation sites excluding steroid dienone is 1. The Hall–Kier alpha value is -1.32. The van der Waals surface area contributed by atoms with Gasteiger partial charge in [0.15, 0.2) is 0 Å². The van der Waals surface area contributed by atoms with E-state index in [2.05, 4.69) is 5.32 Å². The third-order valence-electron chi connectivity index (χ3n) is 1.41. The van der Waals surface area contributed by atoms with Crippen molar-refractivity contribution in [1.82, 2.24) is 5.32 Å². The predicted octanol–water partition coefficient (Wildman–Crippen LogP) is 2.04. The van der Waals surface area contributed by atoms with Crippen LogP contribution in [0, 0.1) is 0 Å². The molecule has 0 bridgehead atoms. The highest BCUT2D eigenvalue weighted by atomic mass is 16.6. The number of hydrogen-bond donors (Lipinski definition) is 1. The van der Waals surface area contributed by atoms with E-state index in [-0.39, 0.29) is 0 Å². The second-order valence-corrected chi connectivity index (χ2v) is 4.14. The van der Waals surface area contributed by atoms with Crippen molar-refractivity contribution in [3.63, 3.8) is 0 Å². The Labute approximate surface area is 90.7 Å². The second-order valence-electron chi connectivity index (χ2n) is 4.14. The van der Waals surface area contributed by atoms with Crippen LogP contribution in [0.4, 0.5) is 4.79 Å². The van der Waals surface area contributed by atoms with E-state index in [4.69, 9.17) is 4.74 Å². The molecule has 4 nitrogen and oxygen atoms in total. The zero-order chi connectivity index (χ0) is 11.9.